The minimum Gasteiger partial charge on any atom is -0.166 e. The maximum absolute atomic E-state index is 13.2. The average Bonchev–Trinajstić information content (AvgIpc) is 3.16. The molecule has 1 aliphatic rings. The molecular weight excluding hydrogens is 333 g/mol. The normalized spacial score (nSPS) is 15.7. The Morgan fingerprint density at radius 2 is 1.62 bits per heavy atom. The quantitative estimate of drug-likeness (QED) is 0.490. The number of allylic oxidation sites excluding steroid dienone is 5. The summed E-state index contributed by atoms with van der Waals surface area (Å²) in [5, 5.41) is 2.04. The van der Waals surface area contributed by atoms with Crippen molar-refractivity contribution in [1.82, 2.24) is 0 Å². The second kappa shape index (κ2) is 6.34. The topological polar surface area (TPSA) is 0 Å². The summed E-state index contributed by atoms with van der Waals surface area (Å²) in [7, 11) is 0. The first kappa shape index (κ1) is 16.4. The third kappa shape index (κ3) is 2.97. The average molecular weight is 347 g/mol. The molecule has 0 heterocycles. The van der Waals surface area contributed by atoms with Crippen LogP contribution in [-0.4, -0.2) is 0 Å². The van der Waals surface area contributed by atoms with Crippen LogP contribution in [0.3, 0.4) is 0 Å². The Balaban J connectivity index is 2.01. The van der Waals surface area contributed by atoms with Crippen molar-refractivity contribution in [1.29, 1.82) is 0 Å². The smallest absolute Gasteiger partial charge is 0.166 e. The molecule has 0 atom stereocenters. The molecular formula is C23H14F3. The molecule has 0 aliphatic heterocycles. The summed E-state index contributed by atoms with van der Waals surface area (Å²) in [4.78, 5) is 0. The van der Waals surface area contributed by atoms with Crippen molar-refractivity contribution in [3.05, 3.63) is 113 Å². The van der Waals surface area contributed by atoms with Crippen molar-refractivity contribution in [2.24, 2.45) is 0 Å². The summed E-state index contributed by atoms with van der Waals surface area (Å²) in [6.45, 7) is 0. The van der Waals surface area contributed by atoms with Crippen molar-refractivity contribution in [2.45, 2.75) is 6.18 Å². The predicted molar refractivity (Wildman–Crippen MR) is 98.4 cm³/mol. The van der Waals surface area contributed by atoms with Gasteiger partial charge in [0.2, 0.25) is 0 Å². The molecule has 127 valence electrons. The summed E-state index contributed by atoms with van der Waals surface area (Å²) >= 11 is 0. The molecule has 0 nitrogen and oxygen atoms in total. The molecule has 3 heteroatoms. The fraction of sp³-hybridized carbons (Fsp3) is 0.0435. The molecule has 0 saturated heterocycles. The van der Waals surface area contributed by atoms with Crippen molar-refractivity contribution in [3.8, 4) is 0 Å². The highest BCUT2D eigenvalue weighted by Gasteiger charge is 2.30. The van der Waals surface area contributed by atoms with Crippen LogP contribution in [0.4, 0.5) is 13.2 Å². The maximum atomic E-state index is 13.2. The summed E-state index contributed by atoms with van der Waals surface area (Å²) < 4.78 is 39.6. The molecule has 0 saturated carbocycles. The van der Waals surface area contributed by atoms with Gasteiger partial charge in [-0.25, -0.2) is 0 Å². The van der Waals surface area contributed by atoms with Gasteiger partial charge < -0.3 is 0 Å². The van der Waals surface area contributed by atoms with E-state index < -0.39 is 11.7 Å². The fourth-order valence-electron chi connectivity index (χ4n) is 3.24. The van der Waals surface area contributed by atoms with Crippen molar-refractivity contribution < 1.29 is 13.2 Å². The van der Waals surface area contributed by atoms with E-state index in [2.05, 4.69) is 6.08 Å². The SMILES string of the molecule is FC(F)(F)c1cccc(C(=C2[C]=CC=C2)c2cccc3ccccc23)c1. The molecule has 0 amide bonds. The van der Waals surface area contributed by atoms with Gasteiger partial charge in [-0.2, -0.15) is 13.2 Å². The standard InChI is InChI=1S/C23H14F3/c24-23(25,26)19-12-5-11-18(15-19)22(17-8-1-2-9-17)21-14-6-10-16-7-3-4-13-20(16)21/h1-8,10-15H. The molecule has 3 aromatic carbocycles. The predicted octanol–water partition coefficient (Wildman–Crippen LogP) is 6.59. The lowest BCUT2D eigenvalue weighted by Crippen LogP contribution is -2.05. The van der Waals surface area contributed by atoms with E-state index in [0.29, 0.717) is 5.56 Å². The van der Waals surface area contributed by atoms with Crippen LogP contribution in [-0.2, 0) is 6.18 Å². The molecule has 0 unspecified atom stereocenters. The van der Waals surface area contributed by atoms with Crippen molar-refractivity contribution in [2.75, 3.05) is 0 Å². The molecule has 0 N–H and O–H groups in total. The second-order valence-electron chi connectivity index (χ2n) is 6.06. The van der Waals surface area contributed by atoms with E-state index in [1.807, 2.05) is 54.6 Å². The van der Waals surface area contributed by atoms with Gasteiger partial charge in [0, 0.05) is 0 Å². The highest BCUT2D eigenvalue weighted by atomic mass is 19.4. The molecule has 1 aliphatic carbocycles. The van der Waals surface area contributed by atoms with Gasteiger partial charge in [-0.15, -0.1) is 0 Å². The van der Waals surface area contributed by atoms with Gasteiger partial charge in [-0.3, -0.25) is 0 Å². The molecule has 0 aromatic heterocycles. The van der Waals surface area contributed by atoms with Crippen LogP contribution in [0.15, 0.2) is 90.5 Å². The van der Waals surface area contributed by atoms with E-state index in [0.717, 1.165) is 33.5 Å². The number of benzene rings is 3. The lowest BCUT2D eigenvalue weighted by Gasteiger charge is -2.16. The molecule has 1 radical (unpaired) electrons. The van der Waals surface area contributed by atoms with Crippen LogP contribution in [0.1, 0.15) is 16.7 Å². The highest BCUT2D eigenvalue weighted by molar-refractivity contribution is 5.99. The zero-order valence-corrected chi connectivity index (χ0v) is 13.7. The highest BCUT2D eigenvalue weighted by Crippen LogP contribution is 2.37. The van der Waals surface area contributed by atoms with Gasteiger partial charge >= 0.3 is 6.18 Å². The Kier molecular flexibility index (Phi) is 4.00. The summed E-state index contributed by atoms with van der Waals surface area (Å²) in [5.41, 5.74) is 2.29. The third-order valence-corrected chi connectivity index (χ3v) is 4.40. The minimum absolute atomic E-state index is 0.527. The Hall–Kier alpha value is -3.07. The number of fused-ring (bicyclic) bond motifs is 1. The summed E-state index contributed by atoms with van der Waals surface area (Å²) in [6.07, 6.45) is 4.25. The summed E-state index contributed by atoms with van der Waals surface area (Å²) in [6, 6.07) is 19.2. The lowest BCUT2D eigenvalue weighted by atomic mass is 9.89. The van der Waals surface area contributed by atoms with Gasteiger partial charge in [0.15, 0.2) is 0 Å². The Labute approximate surface area is 149 Å². The molecule has 0 fully saturated rings. The number of alkyl halides is 3. The van der Waals surface area contributed by atoms with Crippen LogP contribution in [0.25, 0.3) is 16.3 Å². The van der Waals surface area contributed by atoms with E-state index in [1.165, 1.54) is 12.1 Å². The Morgan fingerprint density at radius 3 is 2.38 bits per heavy atom. The first-order valence-corrected chi connectivity index (χ1v) is 8.20. The largest absolute Gasteiger partial charge is 0.416 e. The first-order chi connectivity index (χ1) is 12.5. The van der Waals surface area contributed by atoms with E-state index in [4.69, 9.17) is 0 Å². The molecule has 26 heavy (non-hydrogen) atoms. The van der Waals surface area contributed by atoms with E-state index >= 15 is 0 Å². The van der Waals surface area contributed by atoms with Crippen LogP contribution in [0.5, 0.6) is 0 Å². The van der Waals surface area contributed by atoms with Crippen LogP contribution < -0.4 is 0 Å². The summed E-state index contributed by atoms with van der Waals surface area (Å²) in [5.74, 6) is 0. The molecule has 0 bridgehead atoms. The van der Waals surface area contributed by atoms with Gasteiger partial charge in [-0.1, -0.05) is 72.8 Å². The number of hydrogen-bond donors (Lipinski definition) is 0. The van der Waals surface area contributed by atoms with Crippen LogP contribution in [0, 0.1) is 6.08 Å². The van der Waals surface area contributed by atoms with Gasteiger partial charge in [-0.05, 0) is 51.3 Å². The Bertz CT molecular complexity index is 1050. The van der Waals surface area contributed by atoms with Crippen LogP contribution >= 0.6 is 0 Å². The molecule has 3 aromatic rings. The van der Waals surface area contributed by atoms with E-state index in [1.54, 1.807) is 12.1 Å². The first-order valence-electron chi connectivity index (χ1n) is 8.20. The second-order valence-corrected chi connectivity index (χ2v) is 6.06. The molecule has 0 spiro atoms. The zero-order chi connectivity index (χ0) is 18.1. The number of rotatable bonds is 2. The van der Waals surface area contributed by atoms with E-state index in [9.17, 15) is 13.2 Å². The third-order valence-electron chi connectivity index (χ3n) is 4.40. The number of halogens is 3. The van der Waals surface area contributed by atoms with Gasteiger partial charge in [0.05, 0.1) is 5.56 Å². The van der Waals surface area contributed by atoms with E-state index in [-0.39, 0.29) is 0 Å². The minimum atomic E-state index is -4.38. The van der Waals surface area contributed by atoms with Crippen molar-refractivity contribution >= 4 is 16.3 Å². The lowest BCUT2D eigenvalue weighted by molar-refractivity contribution is -0.137. The van der Waals surface area contributed by atoms with Crippen molar-refractivity contribution in [3.63, 3.8) is 0 Å². The number of hydrogen-bond acceptors (Lipinski definition) is 0. The maximum Gasteiger partial charge on any atom is 0.416 e. The Morgan fingerprint density at radius 1 is 0.846 bits per heavy atom. The molecule has 4 rings (SSSR count). The van der Waals surface area contributed by atoms with Gasteiger partial charge in [0.1, 0.15) is 0 Å². The fourth-order valence-corrected chi connectivity index (χ4v) is 3.24. The van der Waals surface area contributed by atoms with Gasteiger partial charge in [0.25, 0.3) is 0 Å². The zero-order valence-electron chi connectivity index (χ0n) is 13.7. The van der Waals surface area contributed by atoms with Crippen LogP contribution in [0.2, 0.25) is 0 Å². The monoisotopic (exact) mass is 347 g/mol.